The van der Waals surface area contributed by atoms with E-state index >= 15 is 0 Å². The summed E-state index contributed by atoms with van der Waals surface area (Å²) >= 11 is 5.71. The van der Waals surface area contributed by atoms with Gasteiger partial charge in [0.05, 0.1) is 6.61 Å². The topological polar surface area (TPSA) is 40.6 Å². The number of aromatic nitrogens is 1. The molecule has 0 amide bonds. The first-order valence-electron chi connectivity index (χ1n) is 5.15. The van der Waals surface area contributed by atoms with Crippen LogP contribution >= 0.6 is 11.6 Å². The molecule has 1 heterocycles. The molecule has 0 saturated carbocycles. The zero-order chi connectivity index (χ0) is 11.6. The Hall–Kier alpha value is -0.840. The van der Waals surface area contributed by atoms with Gasteiger partial charge < -0.3 is 14.2 Å². The van der Waals surface area contributed by atoms with Crippen LogP contribution in [0.5, 0.6) is 5.88 Å². The van der Waals surface area contributed by atoms with Gasteiger partial charge in [0.25, 0.3) is 0 Å². The van der Waals surface area contributed by atoms with Gasteiger partial charge >= 0.3 is 0 Å². The molecule has 0 N–H and O–H groups in total. The van der Waals surface area contributed by atoms with Crippen LogP contribution in [0.4, 0.5) is 0 Å². The van der Waals surface area contributed by atoms with E-state index in [1.807, 2.05) is 0 Å². The minimum atomic E-state index is 0.429. The van der Waals surface area contributed by atoms with Gasteiger partial charge in [-0.1, -0.05) is 17.7 Å². The first-order chi connectivity index (χ1) is 7.83. The molecule has 0 radical (unpaired) electrons. The summed E-state index contributed by atoms with van der Waals surface area (Å²) in [5.41, 5.74) is 0. The third kappa shape index (κ3) is 5.90. The molecule has 0 aliphatic heterocycles. The minimum absolute atomic E-state index is 0.429. The largest absolute Gasteiger partial charge is 0.475 e. The molecule has 0 spiro atoms. The quantitative estimate of drug-likeness (QED) is 0.520. The van der Waals surface area contributed by atoms with Gasteiger partial charge in [0.1, 0.15) is 11.8 Å². The molecule has 1 rings (SSSR count). The second kappa shape index (κ2) is 8.33. The summed E-state index contributed by atoms with van der Waals surface area (Å²) in [5.74, 6) is 0.521. The van der Waals surface area contributed by atoms with Crippen molar-refractivity contribution in [1.29, 1.82) is 0 Å². The van der Waals surface area contributed by atoms with E-state index in [1.54, 1.807) is 25.3 Å². The smallest absolute Gasteiger partial charge is 0.214 e. The van der Waals surface area contributed by atoms with Crippen LogP contribution in [0, 0.1) is 0 Å². The lowest BCUT2D eigenvalue weighted by atomic mass is 10.5. The molecule has 1 aromatic heterocycles. The molecular weight excluding hydrogens is 230 g/mol. The van der Waals surface area contributed by atoms with Gasteiger partial charge in [0, 0.05) is 26.4 Å². The standard InChI is InChI=1S/C11H16ClNO3/c1-14-6-3-7-15-8-9-16-11-5-2-4-10(12)13-11/h2,4-5H,3,6-9H2,1H3. The number of hydrogen-bond acceptors (Lipinski definition) is 4. The monoisotopic (exact) mass is 245 g/mol. The molecule has 0 bridgehead atoms. The predicted octanol–water partition coefficient (Wildman–Crippen LogP) is 2.17. The molecule has 0 unspecified atom stereocenters. The van der Waals surface area contributed by atoms with Crippen LogP contribution in [0.3, 0.4) is 0 Å². The predicted molar refractivity (Wildman–Crippen MR) is 62.1 cm³/mol. The average Bonchev–Trinajstić information content (AvgIpc) is 2.28. The Morgan fingerprint density at radius 1 is 1.19 bits per heavy atom. The highest BCUT2D eigenvalue weighted by Crippen LogP contribution is 2.10. The van der Waals surface area contributed by atoms with E-state index in [4.69, 9.17) is 25.8 Å². The van der Waals surface area contributed by atoms with Crippen molar-refractivity contribution in [3.63, 3.8) is 0 Å². The van der Waals surface area contributed by atoms with Crippen LogP contribution < -0.4 is 4.74 Å². The second-order valence-electron chi connectivity index (χ2n) is 3.11. The number of methoxy groups -OCH3 is 1. The van der Waals surface area contributed by atoms with Gasteiger partial charge in [0.2, 0.25) is 5.88 Å². The lowest BCUT2D eigenvalue weighted by molar-refractivity contribution is 0.0795. The van der Waals surface area contributed by atoms with Gasteiger partial charge in [-0.25, -0.2) is 4.98 Å². The molecule has 1 aromatic rings. The normalized spacial score (nSPS) is 10.4. The molecule has 0 aliphatic carbocycles. The van der Waals surface area contributed by atoms with Gasteiger partial charge in [-0.05, 0) is 12.5 Å². The first kappa shape index (κ1) is 13.2. The van der Waals surface area contributed by atoms with Crippen molar-refractivity contribution in [3.05, 3.63) is 23.4 Å². The molecular formula is C11H16ClNO3. The lowest BCUT2D eigenvalue weighted by Gasteiger charge is -2.06. The summed E-state index contributed by atoms with van der Waals surface area (Å²) in [6.07, 6.45) is 0.895. The van der Waals surface area contributed by atoms with Gasteiger partial charge in [-0.3, -0.25) is 0 Å². The van der Waals surface area contributed by atoms with Gasteiger partial charge in [-0.15, -0.1) is 0 Å². The van der Waals surface area contributed by atoms with Crippen molar-refractivity contribution >= 4 is 11.6 Å². The fourth-order valence-electron chi connectivity index (χ4n) is 1.08. The summed E-state index contributed by atoms with van der Waals surface area (Å²) in [4.78, 5) is 3.99. The van der Waals surface area contributed by atoms with Crippen LogP contribution in [-0.4, -0.2) is 38.5 Å². The Labute approximate surface area is 100 Å². The van der Waals surface area contributed by atoms with Crippen molar-refractivity contribution < 1.29 is 14.2 Å². The summed E-state index contributed by atoms with van der Waals surface area (Å²) in [6.45, 7) is 2.41. The number of rotatable bonds is 8. The molecule has 0 fully saturated rings. The molecule has 0 saturated heterocycles. The van der Waals surface area contributed by atoms with E-state index in [0.717, 1.165) is 13.0 Å². The Bertz CT molecular complexity index is 296. The lowest BCUT2D eigenvalue weighted by Crippen LogP contribution is -2.09. The molecule has 16 heavy (non-hydrogen) atoms. The van der Waals surface area contributed by atoms with Gasteiger partial charge in [-0.2, -0.15) is 0 Å². The second-order valence-corrected chi connectivity index (χ2v) is 3.49. The summed E-state index contributed by atoms with van der Waals surface area (Å²) in [5, 5.41) is 0.429. The molecule has 0 atom stereocenters. The van der Waals surface area contributed by atoms with Crippen molar-refractivity contribution in [2.24, 2.45) is 0 Å². The van der Waals surface area contributed by atoms with E-state index in [-0.39, 0.29) is 0 Å². The zero-order valence-electron chi connectivity index (χ0n) is 9.32. The van der Waals surface area contributed by atoms with Crippen LogP contribution in [-0.2, 0) is 9.47 Å². The molecule has 90 valence electrons. The Morgan fingerprint density at radius 3 is 2.81 bits per heavy atom. The van der Waals surface area contributed by atoms with Crippen LogP contribution in [0.1, 0.15) is 6.42 Å². The molecule has 0 aromatic carbocycles. The Kier molecular flexibility index (Phi) is 6.88. The number of pyridine rings is 1. The summed E-state index contributed by atoms with van der Waals surface area (Å²) in [6, 6.07) is 5.26. The first-order valence-corrected chi connectivity index (χ1v) is 5.53. The SMILES string of the molecule is COCCCOCCOc1cccc(Cl)n1. The Morgan fingerprint density at radius 2 is 2.06 bits per heavy atom. The highest BCUT2D eigenvalue weighted by molar-refractivity contribution is 6.29. The van der Waals surface area contributed by atoms with Crippen molar-refractivity contribution in [2.45, 2.75) is 6.42 Å². The van der Waals surface area contributed by atoms with E-state index in [0.29, 0.717) is 30.9 Å². The maximum atomic E-state index is 5.71. The Balaban J connectivity index is 2.03. The van der Waals surface area contributed by atoms with E-state index in [2.05, 4.69) is 4.98 Å². The number of halogens is 1. The fourth-order valence-corrected chi connectivity index (χ4v) is 1.24. The van der Waals surface area contributed by atoms with Crippen molar-refractivity contribution in [3.8, 4) is 5.88 Å². The van der Waals surface area contributed by atoms with Crippen molar-refractivity contribution in [1.82, 2.24) is 4.98 Å². The fraction of sp³-hybridized carbons (Fsp3) is 0.545. The minimum Gasteiger partial charge on any atom is -0.475 e. The summed E-state index contributed by atoms with van der Waals surface area (Å²) in [7, 11) is 1.67. The third-order valence-corrected chi connectivity index (χ3v) is 2.01. The maximum Gasteiger partial charge on any atom is 0.214 e. The zero-order valence-corrected chi connectivity index (χ0v) is 10.1. The van der Waals surface area contributed by atoms with Crippen LogP contribution in [0.25, 0.3) is 0 Å². The molecule has 4 nitrogen and oxygen atoms in total. The van der Waals surface area contributed by atoms with Gasteiger partial charge in [0.15, 0.2) is 0 Å². The molecule has 5 heteroatoms. The third-order valence-electron chi connectivity index (χ3n) is 1.80. The highest BCUT2D eigenvalue weighted by Gasteiger charge is 1.96. The number of hydrogen-bond donors (Lipinski definition) is 0. The van der Waals surface area contributed by atoms with E-state index in [1.165, 1.54) is 0 Å². The number of ether oxygens (including phenoxy) is 3. The average molecular weight is 246 g/mol. The van der Waals surface area contributed by atoms with E-state index in [9.17, 15) is 0 Å². The number of nitrogens with zero attached hydrogens (tertiary/aromatic N) is 1. The summed E-state index contributed by atoms with van der Waals surface area (Å²) < 4.78 is 15.6. The van der Waals surface area contributed by atoms with Crippen molar-refractivity contribution in [2.75, 3.05) is 33.5 Å². The van der Waals surface area contributed by atoms with Crippen LogP contribution in [0.2, 0.25) is 5.15 Å². The molecule has 0 aliphatic rings. The maximum absolute atomic E-state index is 5.71. The van der Waals surface area contributed by atoms with E-state index < -0.39 is 0 Å². The van der Waals surface area contributed by atoms with Crippen LogP contribution in [0.15, 0.2) is 18.2 Å². The highest BCUT2D eigenvalue weighted by atomic mass is 35.5.